The highest BCUT2D eigenvalue weighted by Crippen LogP contribution is 2.27. The van der Waals surface area contributed by atoms with Gasteiger partial charge in [0.25, 0.3) is 5.91 Å². The summed E-state index contributed by atoms with van der Waals surface area (Å²) >= 11 is 0. The summed E-state index contributed by atoms with van der Waals surface area (Å²) < 4.78 is 0. The zero-order chi connectivity index (χ0) is 17.2. The maximum absolute atomic E-state index is 12.1. The van der Waals surface area contributed by atoms with Crippen molar-refractivity contribution in [1.82, 2.24) is 10.3 Å². The molecule has 1 heterocycles. The molecule has 0 radical (unpaired) electrons. The van der Waals surface area contributed by atoms with Crippen LogP contribution >= 0.6 is 0 Å². The standard InChI is InChI=1S/C21H19N3O/c22-16-7-9-20-18(13-16)17-12-14(6-8-19(17)24-20)10-11-23-21(25)15-4-2-1-3-5-15/h1-9,12-13,24H,10-11,22H2,(H,23,25). The number of H-pyrrole nitrogens is 1. The third-order valence-electron chi connectivity index (χ3n) is 4.42. The molecule has 0 saturated carbocycles. The first-order valence-electron chi connectivity index (χ1n) is 8.34. The molecule has 4 aromatic rings. The molecule has 0 fully saturated rings. The molecule has 0 unspecified atom stereocenters. The summed E-state index contributed by atoms with van der Waals surface area (Å²) in [4.78, 5) is 15.5. The second-order valence-corrected chi connectivity index (χ2v) is 6.18. The zero-order valence-electron chi connectivity index (χ0n) is 13.8. The van der Waals surface area contributed by atoms with E-state index >= 15 is 0 Å². The van der Waals surface area contributed by atoms with E-state index < -0.39 is 0 Å². The van der Waals surface area contributed by atoms with Crippen LogP contribution in [0.25, 0.3) is 21.8 Å². The van der Waals surface area contributed by atoms with Crippen LogP contribution in [0.1, 0.15) is 15.9 Å². The van der Waals surface area contributed by atoms with Gasteiger partial charge in [0.05, 0.1) is 0 Å². The van der Waals surface area contributed by atoms with Crippen molar-refractivity contribution in [1.29, 1.82) is 0 Å². The topological polar surface area (TPSA) is 70.9 Å². The summed E-state index contributed by atoms with van der Waals surface area (Å²) in [6, 6.07) is 21.5. The molecule has 4 rings (SSSR count). The molecule has 4 N–H and O–H groups in total. The fourth-order valence-electron chi connectivity index (χ4n) is 3.13. The number of nitrogen functional groups attached to an aromatic ring is 1. The van der Waals surface area contributed by atoms with Crippen molar-refractivity contribution in [2.75, 3.05) is 12.3 Å². The number of fused-ring (bicyclic) bond motifs is 3. The number of nitrogens with two attached hydrogens (primary N) is 1. The number of nitrogens with one attached hydrogen (secondary N) is 2. The Morgan fingerprint density at radius 1 is 0.920 bits per heavy atom. The average Bonchev–Trinajstić information content (AvgIpc) is 3.00. The van der Waals surface area contributed by atoms with E-state index in [1.165, 1.54) is 5.56 Å². The fourth-order valence-corrected chi connectivity index (χ4v) is 3.13. The summed E-state index contributed by atoms with van der Waals surface area (Å²) in [6.45, 7) is 0.601. The van der Waals surface area contributed by atoms with Crippen molar-refractivity contribution in [3.8, 4) is 0 Å². The maximum Gasteiger partial charge on any atom is 0.251 e. The Kier molecular flexibility index (Phi) is 3.86. The second-order valence-electron chi connectivity index (χ2n) is 6.18. The Morgan fingerprint density at radius 2 is 1.64 bits per heavy atom. The normalized spacial score (nSPS) is 11.0. The number of hydrogen-bond acceptors (Lipinski definition) is 2. The van der Waals surface area contributed by atoms with Gasteiger partial charge in [-0.25, -0.2) is 0 Å². The number of rotatable bonds is 4. The smallest absolute Gasteiger partial charge is 0.251 e. The lowest BCUT2D eigenvalue weighted by atomic mass is 10.1. The lowest BCUT2D eigenvalue weighted by molar-refractivity contribution is 0.0954. The molecular formula is C21H19N3O. The van der Waals surface area contributed by atoms with E-state index in [1.54, 1.807) is 0 Å². The van der Waals surface area contributed by atoms with Crippen LogP contribution in [0.5, 0.6) is 0 Å². The predicted octanol–water partition coefficient (Wildman–Crippen LogP) is 3.88. The highest BCUT2D eigenvalue weighted by atomic mass is 16.1. The van der Waals surface area contributed by atoms with Crippen LogP contribution in [0.15, 0.2) is 66.7 Å². The van der Waals surface area contributed by atoms with Crippen molar-refractivity contribution in [3.63, 3.8) is 0 Å². The molecule has 0 atom stereocenters. The first-order chi connectivity index (χ1) is 12.2. The summed E-state index contributed by atoms with van der Waals surface area (Å²) in [5.74, 6) is -0.0402. The Hall–Kier alpha value is -3.27. The number of carbonyl (C=O) groups excluding carboxylic acids is 1. The number of benzene rings is 3. The maximum atomic E-state index is 12.1. The molecule has 1 amide bonds. The molecule has 0 spiro atoms. The lowest BCUT2D eigenvalue weighted by Crippen LogP contribution is -2.25. The van der Waals surface area contributed by atoms with Gasteiger partial charge in [0.2, 0.25) is 0 Å². The number of hydrogen-bond donors (Lipinski definition) is 3. The molecule has 4 heteroatoms. The molecule has 124 valence electrons. The molecule has 0 aliphatic heterocycles. The van der Waals surface area contributed by atoms with E-state index in [2.05, 4.69) is 28.5 Å². The van der Waals surface area contributed by atoms with Crippen molar-refractivity contribution in [2.24, 2.45) is 0 Å². The minimum atomic E-state index is -0.0402. The van der Waals surface area contributed by atoms with Gasteiger partial charge in [-0.15, -0.1) is 0 Å². The Morgan fingerprint density at radius 3 is 2.44 bits per heavy atom. The minimum absolute atomic E-state index is 0.0402. The van der Waals surface area contributed by atoms with Crippen LogP contribution in [-0.4, -0.2) is 17.4 Å². The van der Waals surface area contributed by atoms with Crippen LogP contribution in [-0.2, 0) is 6.42 Å². The first kappa shape index (κ1) is 15.3. The van der Waals surface area contributed by atoms with Crippen LogP contribution in [0.4, 0.5) is 5.69 Å². The molecule has 0 bridgehead atoms. The highest BCUT2D eigenvalue weighted by Gasteiger charge is 2.07. The van der Waals surface area contributed by atoms with Gasteiger partial charge in [0.1, 0.15) is 0 Å². The number of carbonyl (C=O) groups is 1. The SMILES string of the molecule is Nc1ccc2[nH]c3ccc(CCNC(=O)c4ccccc4)cc3c2c1. The van der Waals surface area contributed by atoms with Gasteiger partial charge in [0.15, 0.2) is 0 Å². The Labute approximate surface area is 145 Å². The first-order valence-corrected chi connectivity index (χ1v) is 8.34. The van der Waals surface area contributed by atoms with E-state index in [0.717, 1.165) is 33.9 Å². The summed E-state index contributed by atoms with van der Waals surface area (Å²) in [5.41, 5.74) is 10.7. The van der Waals surface area contributed by atoms with Crippen LogP contribution in [0, 0.1) is 0 Å². The average molecular weight is 329 g/mol. The molecule has 1 aromatic heterocycles. The van der Waals surface area contributed by atoms with Gasteiger partial charge in [-0.2, -0.15) is 0 Å². The molecular weight excluding hydrogens is 310 g/mol. The number of amides is 1. The molecule has 3 aromatic carbocycles. The largest absolute Gasteiger partial charge is 0.399 e. The third-order valence-corrected chi connectivity index (χ3v) is 4.42. The van der Waals surface area contributed by atoms with Gasteiger partial charge >= 0.3 is 0 Å². The molecule has 0 aliphatic carbocycles. The monoisotopic (exact) mass is 329 g/mol. The van der Waals surface area contributed by atoms with Crippen molar-refractivity contribution in [2.45, 2.75) is 6.42 Å². The van der Waals surface area contributed by atoms with Gasteiger partial charge < -0.3 is 16.0 Å². The van der Waals surface area contributed by atoms with Gasteiger partial charge in [-0.05, 0) is 54.4 Å². The fraction of sp³-hybridized carbons (Fsp3) is 0.0952. The van der Waals surface area contributed by atoms with Gasteiger partial charge in [-0.3, -0.25) is 4.79 Å². The van der Waals surface area contributed by atoms with E-state index in [1.807, 2.05) is 48.5 Å². The summed E-state index contributed by atoms with van der Waals surface area (Å²) in [5, 5.41) is 5.26. The van der Waals surface area contributed by atoms with Crippen LogP contribution in [0.3, 0.4) is 0 Å². The summed E-state index contributed by atoms with van der Waals surface area (Å²) in [7, 11) is 0. The van der Waals surface area contributed by atoms with Crippen LogP contribution in [0.2, 0.25) is 0 Å². The Balaban J connectivity index is 1.51. The van der Waals surface area contributed by atoms with Crippen molar-refractivity contribution in [3.05, 3.63) is 77.9 Å². The van der Waals surface area contributed by atoms with Gasteiger partial charge in [0, 0.05) is 39.6 Å². The van der Waals surface area contributed by atoms with E-state index in [4.69, 9.17) is 5.73 Å². The van der Waals surface area contributed by atoms with E-state index in [9.17, 15) is 4.79 Å². The predicted molar refractivity (Wildman–Crippen MR) is 103 cm³/mol. The number of anilines is 1. The van der Waals surface area contributed by atoms with Gasteiger partial charge in [-0.1, -0.05) is 24.3 Å². The number of aromatic amines is 1. The second kappa shape index (κ2) is 6.32. The molecule has 0 aliphatic rings. The Bertz CT molecular complexity index is 1050. The van der Waals surface area contributed by atoms with Crippen molar-refractivity contribution < 1.29 is 4.79 Å². The molecule has 4 nitrogen and oxygen atoms in total. The van der Waals surface area contributed by atoms with Crippen LogP contribution < -0.4 is 11.1 Å². The molecule has 25 heavy (non-hydrogen) atoms. The quantitative estimate of drug-likeness (QED) is 0.497. The summed E-state index contributed by atoms with van der Waals surface area (Å²) in [6.07, 6.45) is 0.781. The molecule has 0 saturated heterocycles. The highest BCUT2D eigenvalue weighted by molar-refractivity contribution is 6.08. The third kappa shape index (κ3) is 3.06. The van der Waals surface area contributed by atoms with E-state index in [0.29, 0.717) is 12.1 Å². The lowest BCUT2D eigenvalue weighted by Gasteiger charge is -2.06. The zero-order valence-corrected chi connectivity index (χ0v) is 13.8. The van der Waals surface area contributed by atoms with Crippen molar-refractivity contribution >= 4 is 33.4 Å². The number of aromatic nitrogens is 1. The van der Waals surface area contributed by atoms with E-state index in [-0.39, 0.29) is 5.91 Å². The minimum Gasteiger partial charge on any atom is -0.399 e.